The monoisotopic (exact) mass is 203 g/mol. The predicted octanol–water partition coefficient (Wildman–Crippen LogP) is 0.950. The number of hydrogen-bond acceptors (Lipinski definition) is 3. The Labute approximate surface area is 87.8 Å². The van der Waals surface area contributed by atoms with Crippen molar-refractivity contribution in [2.45, 2.75) is 12.6 Å². The summed E-state index contributed by atoms with van der Waals surface area (Å²) in [5, 5.41) is 9.94. The van der Waals surface area contributed by atoms with Crippen LogP contribution in [0.25, 0.3) is 0 Å². The van der Waals surface area contributed by atoms with E-state index in [1.807, 2.05) is 24.3 Å². The fourth-order valence-electron chi connectivity index (χ4n) is 1.43. The number of aromatic amines is 1. The lowest BCUT2D eigenvalue weighted by Crippen LogP contribution is -2.01. The number of nitrogens with one attached hydrogen (secondary N) is 1. The van der Waals surface area contributed by atoms with Crippen LogP contribution >= 0.6 is 0 Å². The summed E-state index contributed by atoms with van der Waals surface area (Å²) >= 11 is 0. The number of rotatable bonds is 3. The standard InChI is InChI=1S/C11H13N3O/c12-5-8-1-3-9(4-2-8)11(15)10-6-13-7-14-10/h1-4,6-7,11,15H,5,12H2,(H,13,14). The lowest BCUT2D eigenvalue weighted by Gasteiger charge is -2.09. The van der Waals surface area contributed by atoms with Gasteiger partial charge < -0.3 is 15.8 Å². The van der Waals surface area contributed by atoms with Crippen LogP contribution in [0.15, 0.2) is 36.8 Å². The Morgan fingerprint density at radius 2 is 2.07 bits per heavy atom. The predicted molar refractivity (Wildman–Crippen MR) is 57.0 cm³/mol. The van der Waals surface area contributed by atoms with E-state index in [0.29, 0.717) is 12.2 Å². The van der Waals surface area contributed by atoms with Crippen molar-refractivity contribution in [2.24, 2.45) is 5.73 Å². The van der Waals surface area contributed by atoms with Gasteiger partial charge in [-0.05, 0) is 11.1 Å². The van der Waals surface area contributed by atoms with Crippen molar-refractivity contribution in [2.75, 3.05) is 0 Å². The molecule has 1 aromatic carbocycles. The smallest absolute Gasteiger partial charge is 0.120 e. The van der Waals surface area contributed by atoms with Crippen molar-refractivity contribution in [3.63, 3.8) is 0 Å². The van der Waals surface area contributed by atoms with E-state index in [2.05, 4.69) is 9.97 Å². The van der Waals surface area contributed by atoms with E-state index in [9.17, 15) is 5.11 Å². The zero-order valence-corrected chi connectivity index (χ0v) is 8.22. The average molecular weight is 203 g/mol. The van der Waals surface area contributed by atoms with Crippen LogP contribution in [0.2, 0.25) is 0 Å². The average Bonchev–Trinajstić information content (AvgIpc) is 2.82. The van der Waals surface area contributed by atoms with Crippen molar-refractivity contribution >= 4 is 0 Å². The summed E-state index contributed by atoms with van der Waals surface area (Å²) in [6.45, 7) is 0.514. The molecule has 1 unspecified atom stereocenters. The third kappa shape index (κ3) is 2.06. The lowest BCUT2D eigenvalue weighted by atomic mass is 10.1. The zero-order chi connectivity index (χ0) is 10.7. The van der Waals surface area contributed by atoms with Crippen LogP contribution < -0.4 is 5.73 Å². The molecule has 0 saturated carbocycles. The highest BCUT2D eigenvalue weighted by Crippen LogP contribution is 2.19. The summed E-state index contributed by atoms with van der Waals surface area (Å²) < 4.78 is 0. The van der Waals surface area contributed by atoms with Crippen molar-refractivity contribution in [1.29, 1.82) is 0 Å². The summed E-state index contributed by atoms with van der Waals surface area (Å²) in [6.07, 6.45) is 2.51. The maximum absolute atomic E-state index is 9.94. The molecule has 0 aliphatic carbocycles. The molecule has 2 aromatic rings. The molecule has 1 heterocycles. The molecular formula is C11H13N3O. The van der Waals surface area contributed by atoms with E-state index in [-0.39, 0.29) is 0 Å². The topological polar surface area (TPSA) is 74.9 Å². The van der Waals surface area contributed by atoms with Gasteiger partial charge in [0, 0.05) is 6.54 Å². The second-order valence-electron chi connectivity index (χ2n) is 3.36. The molecule has 0 fully saturated rings. The quantitative estimate of drug-likeness (QED) is 0.695. The van der Waals surface area contributed by atoms with Crippen molar-refractivity contribution in [1.82, 2.24) is 9.97 Å². The third-order valence-electron chi connectivity index (χ3n) is 2.35. The van der Waals surface area contributed by atoms with Crippen molar-refractivity contribution in [3.8, 4) is 0 Å². The maximum atomic E-state index is 9.94. The van der Waals surface area contributed by atoms with Gasteiger partial charge in [0.2, 0.25) is 0 Å². The highest BCUT2D eigenvalue weighted by molar-refractivity contribution is 5.28. The number of imidazole rings is 1. The summed E-state index contributed by atoms with van der Waals surface area (Å²) in [6, 6.07) is 7.56. The van der Waals surface area contributed by atoms with E-state index in [1.165, 1.54) is 0 Å². The molecule has 2 rings (SSSR count). The van der Waals surface area contributed by atoms with E-state index >= 15 is 0 Å². The second kappa shape index (κ2) is 4.25. The largest absolute Gasteiger partial charge is 0.382 e. The summed E-state index contributed by atoms with van der Waals surface area (Å²) in [5.41, 5.74) is 8.06. The highest BCUT2D eigenvalue weighted by atomic mass is 16.3. The van der Waals surface area contributed by atoms with Crippen LogP contribution in [-0.2, 0) is 6.54 Å². The van der Waals surface area contributed by atoms with Gasteiger partial charge in [-0.1, -0.05) is 24.3 Å². The molecule has 0 radical (unpaired) electrons. The number of nitrogens with two attached hydrogens (primary N) is 1. The highest BCUT2D eigenvalue weighted by Gasteiger charge is 2.10. The molecule has 4 heteroatoms. The molecule has 1 aromatic heterocycles. The fraction of sp³-hybridized carbons (Fsp3) is 0.182. The Bertz CT molecular complexity index is 408. The fourth-order valence-corrected chi connectivity index (χ4v) is 1.43. The summed E-state index contributed by atoms with van der Waals surface area (Å²) in [7, 11) is 0. The first-order valence-corrected chi connectivity index (χ1v) is 4.76. The molecule has 4 N–H and O–H groups in total. The first-order chi connectivity index (χ1) is 7.31. The molecule has 15 heavy (non-hydrogen) atoms. The Balaban J connectivity index is 2.22. The van der Waals surface area contributed by atoms with Gasteiger partial charge >= 0.3 is 0 Å². The number of aliphatic hydroxyl groups is 1. The Kier molecular flexibility index (Phi) is 2.80. The van der Waals surface area contributed by atoms with Crippen LogP contribution in [0.4, 0.5) is 0 Å². The van der Waals surface area contributed by atoms with Crippen LogP contribution in [0.3, 0.4) is 0 Å². The Morgan fingerprint density at radius 1 is 1.33 bits per heavy atom. The van der Waals surface area contributed by atoms with Crippen molar-refractivity contribution < 1.29 is 5.11 Å². The molecule has 78 valence electrons. The first kappa shape index (κ1) is 9.89. The van der Waals surface area contributed by atoms with Gasteiger partial charge in [0.25, 0.3) is 0 Å². The second-order valence-corrected chi connectivity index (χ2v) is 3.36. The van der Waals surface area contributed by atoms with Gasteiger partial charge in [-0.3, -0.25) is 0 Å². The third-order valence-corrected chi connectivity index (χ3v) is 2.35. The van der Waals surface area contributed by atoms with Crippen LogP contribution in [0.1, 0.15) is 22.9 Å². The van der Waals surface area contributed by atoms with Gasteiger partial charge in [-0.15, -0.1) is 0 Å². The molecular weight excluding hydrogens is 190 g/mol. The van der Waals surface area contributed by atoms with E-state index in [1.54, 1.807) is 12.5 Å². The normalized spacial score (nSPS) is 12.7. The molecule has 4 nitrogen and oxygen atoms in total. The zero-order valence-electron chi connectivity index (χ0n) is 8.22. The Hall–Kier alpha value is -1.65. The van der Waals surface area contributed by atoms with Crippen LogP contribution in [0, 0.1) is 0 Å². The number of benzene rings is 1. The maximum Gasteiger partial charge on any atom is 0.120 e. The Morgan fingerprint density at radius 3 is 2.60 bits per heavy atom. The molecule has 1 atom stereocenters. The minimum Gasteiger partial charge on any atom is -0.382 e. The lowest BCUT2D eigenvalue weighted by molar-refractivity contribution is 0.216. The molecule has 0 aliphatic rings. The number of nitrogens with zero attached hydrogens (tertiary/aromatic N) is 1. The van der Waals surface area contributed by atoms with E-state index in [4.69, 9.17) is 5.73 Å². The number of hydrogen-bond donors (Lipinski definition) is 3. The minimum absolute atomic E-state index is 0.514. The number of aliphatic hydroxyl groups excluding tert-OH is 1. The summed E-state index contributed by atoms with van der Waals surface area (Å²) in [4.78, 5) is 6.75. The van der Waals surface area contributed by atoms with Gasteiger partial charge in [0.1, 0.15) is 6.10 Å². The minimum atomic E-state index is -0.653. The molecule has 0 bridgehead atoms. The van der Waals surface area contributed by atoms with Crippen LogP contribution in [0.5, 0.6) is 0 Å². The van der Waals surface area contributed by atoms with Gasteiger partial charge in [0.05, 0.1) is 18.2 Å². The molecule has 0 amide bonds. The number of aromatic nitrogens is 2. The molecule has 0 aliphatic heterocycles. The van der Waals surface area contributed by atoms with E-state index in [0.717, 1.165) is 11.1 Å². The van der Waals surface area contributed by atoms with Gasteiger partial charge in [-0.2, -0.15) is 0 Å². The SMILES string of the molecule is NCc1ccc(C(O)c2cnc[nH]2)cc1. The molecule has 0 spiro atoms. The van der Waals surface area contributed by atoms with Gasteiger partial charge in [0.15, 0.2) is 0 Å². The molecule has 0 saturated heterocycles. The summed E-state index contributed by atoms with van der Waals surface area (Å²) in [5.74, 6) is 0. The first-order valence-electron chi connectivity index (χ1n) is 4.76. The van der Waals surface area contributed by atoms with E-state index < -0.39 is 6.10 Å². The number of H-pyrrole nitrogens is 1. The van der Waals surface area contributed by atoms with Crippen LogP contribution in [-0.4, -0.2) is 15.1 Å². The van der Waals surface area contributed by atoms with Gasteiger partial charge in [-0.25, -0.2) is 4.98 Å². The van der Waals surface area contributed by atoms with Crippen molar-refractivity contribution in [3.05, 3.63) is 53.6 Å².